The summed E-state index contributed by atoms with van der Waals surface area (Å²) in [5.41, 5.74) is 5.56. The zero-order valence-corrected chi connectivity index (χ0v) is 10.8. The molecule has 0 aliphatic rings. The standard InChI is InChI=1S/C12H21N5O/c1-2-3-10(6-7-13)4-5-11(18)16-12-14-8-9-15-17-12/h8-10H,2-7,13H2,1H3,(H,14,16,17,18). The van der Waals surface area contributed by atoms with Crippen LogP contribution in [0.1, 0.15) is 39.0 Å². The molecule has 0 saturated carbocycles. The number of nitrogens with one attached hydrogen (secondary N) is 1. The molecule has 1 aromatic rings. The molecular formula is C12H21N5O. The molecule has 3 N–H and O–H groups in total. The Hall–Kier alpha value is -1.56. The monoisotopic (exact) mass is 251 g/mol. The van der Waals surface area contributed by atoms with Crippen LogP contribution in [0.2, 0.25) is 0 Å². The molecule has 0 aliphatic carbocycles. The molecule has 100 valence electrons. The van der Waals surface area contributed by atoms with Crippen LogP contribution in [-0.2, 0) is 4.79 Å². The van der Waals surface area contributed by atoms with Gasteiger partial charge in [0.1, 0.15) is 0 Å². The number of anilines is 1. The van der Waals surface area contributed by atoms with Gasteiger partial charge in [0.05, 0.1) is 12.4 Å². The molecular weight excluding hydrogens is 230 g/mol. The summed E-state index contributed by atoms with van der Waals surface area (Å²) in [6.45, 7) is 2.82. The molecule has 1 heterocycles. The van der Waals surface area contributed by atoms with Gasteiger partial charge in [-0.1, -0.05) is 19.8 Å². The fraction of sp³-hybridized carbons (Fsp3) is 0.667. The Balaban J connectivity index is 2.31. The van der Waals surface area contributed by atoms with Crippen molar-refractivity contribution in [3.8, 4) is 0 Å². The van der Waals surface area contributed by atoms with Crippen LogP contribution in [0.15, 0.2) is 12.4 Å². The number of hydrogen-bond acceptors (Lipinski definition) is 5. The molecule has 0 aromatic carbocycles. The molecule has 1 aromatic heterocycles. The molecule has 1 rings (SSSR count). The Kier molecular flexibility index (Phi) is 6.86. The van der Waals surface area contributed by atoms with Gasteiger partial charge in [-0.05, 0) is 25.3 Å². The Bertz CT molecular complexity index is 338. The SMILES string of the molecule is CCCC(CCN)CCC(=O)Nc1nccnn1. The third kappa shape index (κ3) is 5.67. The van der Waals surface area contributed by atoms with Gasteiger partial charge < -0.3 is 5.73 Å². The number of hydrogen-bond donors (Lipinski definition) is 2. The van der Waals surface area contributed by atoms with Gasteiger partial charge in [0.25, 0.3) is 0 Å². The first-order chi connectivity index (χ1) is 8.76. The number of carbonyl (C=O) groups is 1. The molecule has 1 atom stereocenters. The minimum atomic E-state index is -0.0684. The zero-order valence-electron chi connectivity index (χ0n) is 10.8. The summed E-state index contributed by atoms with van der Waals surface area (Å²) in [6.07, 6.45) is 7.52. The Morgan fingerprint density at radius 2 is 2.22 bits per heavy atom. The van der Waals surface area contributed by atoms with Crippen molar-refractivity contribution in [3.05, 3.63) is 12.4 Å². The summed E-state index contributed by atoms with van der Waals surface area (Å²) in [7, 11) is 0. The first-order valence-electron chi connectivity index (χ1n) is 6.39. The van der Waals surface area contributed by atoms with Crippen LogP contribution in [0.4, 0.5) is 5.95 Å². The lowest BCUT2D eigenvalue weighted by Gasteiger charge is -2.14. The average molecular weight is 251 g/mol. The van der Waals surface area contributed by atoms with E-state index < -0.39 is 0 Å². The molecule has 0 fully saturated rings. The van der Waals surface area contributed by atoms with Crippen molar-refractivity contribution in [3.63, 3.8) is 0 Å². The summed E-state index contributed by atoms with van der Waals surface area (Å²) in [4.78, 5) is 15.6. The fourth-order valence-corrected chi connectivity index (χ4v) is 1.90. The van der Waals surface area contributed by atoms with Gasteiger partial charge >= 0.3 is 0 Å². The molecule has 6 nitrogen and oxygen atoms in total. The second-order valence-electron chi connectivity index (χ2n) is 4.29. The minimum Gasteiger partial charge on any atom is -0.330 e. The molecule has 6 heteroatoms. The molecule has 0 saturated heterocycles. The van der Waals surface area contributed by atoms with Crippen LogP contribution in [0, 0.1) is 5.92 Å². The molecule has 18 heavy (non-hydrogen) atoms. The van der Waals surface area contributed by atoms with E-state index in [0.717, 1.165) is 25.7 Å². The number of carbonyl (C=O) groups excluding carboxylic acids is 1. The first kappa shape index (κ1) is 14.5. The highest BCUT2D eigenvalue weighted by Gasteiger charge is 2.10. The summed E-state index contributed by atoms with van der Waals surface area (Å²) in [5, 5.41) is 9.98. The van der Waals surface area contributed by atoms with Crippen LogP contribution < -0.4 is 11.1 Å². The summed E-state index contributed by atoms with van der Waals surface area (Å²) in [6, 6.07) is 0. The Morgan fingerprint density at radius 1 is 1.39 bits per heavy atom. The largest absolute Gasteiger partial charge is 0.330 e. The third-order valence-electron chi connectivity index (χ3n) is 2.79. The number of rotatable bonds is 8. The van der Waals surface area contributed by atoms with Crippen LogP contribution in [0.25, 0.3) is 0 Å². The van der Waals surface area contributed by atoms with Gasteiger partial charge in [0.15, 0.2) is 0 Å². The van der Waals surface area contributed by atoms with Crippen molar-refractivity contribution in [2.45, 2.75) is 39.0 Å². The van der Waals surface area contributed by atoms with Crippen LogP contribution in [0.3, 0.4) is 0 Å². The van der Waals surface area contributed by atoms with E-state index in [1.807, 2.05) is 0 Å². The van der Waals surface area contributed by atoms with E-state index in [2.05, 4.69) is 27.4 Å². The average Bonchev–Trinajstić information content (AvgIpc) is 2.38. The lowest BCUT2D eigenvalue weighted by atomic mass is 9.94. The molecule has 1 unspecified atom stereocenters. The van der Waals surface area contributed by atoms with Gasteiger partial charge in [0.2, 0.25) is 11.9 Å². The van der Waals surface area contributed by atoms with Crippen LogP contribution in [-0.4, -0.2) is 27.6 Å². The van der Waals surface area contributed by atoms with E-state index in [1.54, 1.807) is 0 Å². The second-order valence-corrected chi connectivity index (χ2v) is 4.29. The highest BCUT2D eigenvalue weighted by atomic mass is 16.1. The van der Waals surface area contributed by atoms with Crippen molar-refractivity contribution in [2.24, 2.45) is 11.7 Å². The topological polar surface area (TPSA) is 93.8 Å². The maximum Gasteiger partial charge on any atom is 0.249 e. The highest BCUT2D eigenvalue weighted by Crippen LogP contribution is 2.17. The number of amides is 1. The Labute approximate surface area is 107 Å². The highest BCUT2D eigenvalue weighted by molar-refractivity contribution is 5.88. The predicted octanol–water partition coefficient (Wildman–Crippen LogP) is 1.36. The van der Waals surface area contributed by atoms with E-state index >= 15 is 0 Å². The fourth-order valence-electron chi connectivity index (χ4n) is 1.90. The van der Waals surface area contributed by atoms with Gasteiger partial charge in [-0.2, -0.15) is 5.10 Å². The molecule has 0 aliphatic heterocycles. The van der Waals surface area contributed by atoms with Crippen LogP contribution >= 0.6 is 0 Å². The third-order valence-corrected chi connectivity index (χ3v) is 2.79. The zero-order chi connectivity index (χ0) is 13.2. The maximum absolute atomic E-state index is 11.7. The lowest BCUT2D eigenvalue weighted by Crippen LogP contribution is -2.16. The van der Waals surface area contributed by atoms with Gasteiger partial charge in [-0.3, -0.25) is 10.1 Å². The van der Waals surface area contributed by atoms with E-state index in [1.165, 1.54) is 12.4 Å². The van der Waals surface area contributed by atoms with Crippen molar-refractivity contribution >= 4 is 11.9 Å². The molecule has 0 bridgehead atoms. The Morgan fingerprint density at radius 3 is 2.83 bits per heavy atom. The molecule has 1 amide bonds. The smallest absolute Gasteiger partial charge is 0.249 e. The number of aromatic nitrogens is 3. The van der Waals surface area contributed by atoms with E-state index in [0.29, 0.717) is 18.9 Å². The van der Waals surface area contributed by atoms with Gasteiger partial charge in [-0.25, -0.2) is 4.98 Å². The van der Waals surface area contributed by atoms with Crippen molar-refractivity contribution < 1.29 is 4.79 Å². The summed E-state index contributed by atoms with van der Waals surface area (Å²) >= 11 is 0. The molecule has 0 spiro atoms. The van der Waals surface area contributed by atoms with Crippen molar-refractivity contribution in [2.75, 3.05) is 11.9 Å². The summed E-state index contributed by atoms with van der Waals surface area (Å²) < 4.78 is 0. The number of nitrogens with zero attached hydrogens (tertiary/aromatic N) is 3. The second kappa shape index (κ2) is 8.52. The number of nitrogens with two attached hydrogens (primary N) is 1. The van der Waals surface area contributed by atoms with Crippen molar-refractivity contribution in [1.82, 2.24) is 15.2 Å². The van der Waals surface area contributed by atoms with Gasteiger partial charge in [0, 0.05) is 6.42 Å². The lowest BCUT2D eigenvalue weighted by molar-refractivity contribution is -0.116. The minimum absolute atomic E-state index is 0.0684. The normalized spacial score (nSPS) is 12.1. The first-order valence-corrected chi connectivity index (χ1v) is 6.39. The van der Waals surface area contributed by atoms with E-state index in [-0.39, 0.29) is 11.9 Å². The maximum atomic E-state index is 11.7. The summed E-state index contributed by atoms with van der Waals surface area (Å²) in [5.74, 6) is 0.718. The van der Waals surface area contributed by atoms with E-state index in [4.69, 9.17) is 5.73 Å². The van der Waals surface area contributed by atoms with E-state index in [9.17, 15) is 4.79 Å². The van der Waals surface area contributed by atoms with Crippen molar-refractivity contribution in [1.29, 1.82) is 0 Å². The predicted molar refractivity (Wildman–Crippen MR) is 69.8 cm³/mol. The molecule has 0 radical (unpaired) electrons. The van der Waals surface area contributed by atoms with Gasteiger partial charge in [-0.15, -0.1) is 5.10 Å². The van der Waals surface area contributed by atoms with Crippen LogP contribution in [0.5, 0.6) is 0 Å². The quantitative estimate of drug-likeness (QED) is 0.727.